The maximum Gasteiger partial charge on any atom is 0.258 e. The van der Waals surface area contributed by atoms with Crippen LogP contribution in [0, 0.1) is 6.92 Å². The predicted octanol–water partition coefficient (Wildman–Crippen LogP) is 3.50. The molecule has 0 aliphatic carbocycles. The van der Waals surface area contributed by atoms with Crippen LogP contribution in [0.3, 0.4) is 0 Å². The summed E-state index contributed by atoms with van der Waals surface area (Å²) in [4.78, 5) is 19.7. The van der Waals surface area contributed by atoms with Gasteiger partial charge in [-0.1, -0.05) is 12.1 Å². The van der Waals surface area contributed by atoms with E-state index in [0.717, 1.165) is 54.2 Å². The lowest BCUT2D eigenvalue weighted by molar-refractivity contribution is 0.244. The van der Waals surface area contributed by atoms with Crippen molar-refractivity contribution in [3.8, 4) is 11.5 Å². The summed E-state index contributed by atoms with van der Waals surface area (Å²) in [6.07, 6.45) is 4.90. The second-order valence-corrected chi connectivity index (χ2v) is 7.86. The van der Waals surface area contributed by atoms with Gasteiger partial charge in [0.05, 0.1) is 18.9 Å². The summed E-state index contributed by atoms with van der Waals surface area (Å²) in [5, 5.41) is 0. The molecule has 2 aliphatic heterocycles. The standard InChI is InChI=1S/C23H25N3O3/c1-16-5-2-10-26-22(27)14-18(24-23(16)26)15-25-9-3-6-19(25)17-7-8-20-21(13-17)29-12-4-11-28-20/h2,5,7-8,10,13-14,19H,3-4,6,9,11-12,15H2,1H3/t19-/m0/s1. The molecule has 3 aromatic rings. The van der Waals surface area contributed by atoms with Crippen LogP contribution in [0.4, 0.5) is 0 Å². The first-order valence-corrected chi connectivity index (χ1v) is 10.3. The second kappa shape index (κ2) is 7.52. The van der Waals surface area contributed by atoms with E-state index in [1.165, 1.54) is 5.56 Å². The Labute approximate surface area is 169 Å². The SMILES string of the molecule is Cc1cccn2c(=O)cc(CN3CCC[C@H]3c3ccc4c(c3)OCCCO4)nc12. The van der Waals surface area contributed by atoms with Crippen molar-refractivity contribution in [2.24, 2.45) is 0 Å². The molecule has 0 unspecified atom stereocenters. The zero-order valence-electron chi connectivity index (χ0n) is 16.6. The fraction of sp³-hybridized carbons (Fsp3) is 0.391. The third kappa shape index (κ3) is 3.49. The Morgan fingerprint density at radius 1 is 1.10 bits per heavy atom. The van der Waals surface area contributed by atoms with Crippen molar-refractivity contribution in [1.29, 1.82) is 0 Å². The molecule has 0 spiro atoms. The largest absolute Gasteiger partial charge is 0.490 e. The quantitative estimate of drug-likeness (QED) is 0.684. The van der Waals surface area contributed by atoms with Crippen LogP contribution in [0.2, 0.25) is 0 Å². The van der Waals surface area contributed by atoms with E-state index in [4.69, 9.17) is 14.5 Å². The Morgan fingerprint density at radius 2 is 1.97 bits per heavy atom. The van der Waals surface area contributed by atoms with Crippen LogP contribution in [0.15, 0.2) is 47.4 Å². The number of nitrogens with zero attached hydrogens (tertiary/aromatic N) is 3. The number of pyridine rings is 1. The highest BCUT2D eigenvalue weighted by Gasteiger charge is 2.27. The fourth-order valence-corrected chi connectivity index (χ4v) is 4.38. The van der Waals surface area contributed by atoms with Gasteiger partial charge in [-0.05, 0) is 55.6 Å². The molecule has 29 heavy (non-hydrogen) atoms. The molecule has 1 fully saturated rings. The number of hydrogen-bond donors (Lipinski definition) is 0. The number of fused-ring (bicyclic) bond motifs is 2. The minimum absolute atomic E-state index is 0.0278. The number of aromatic nitrogens is 2. The molecule has 5 rings (SSSR count). The number of rotatable bonds is 3. The van der Waals surface area contributed by atoms with Gasteiger partial charge in [0.25, 0.3) is 5.56 Å². The van der Waals surface area contributed by atoms with Crippen molar-refractivity contribution >= 4 is 5.65 Å². The maximum atomic E-state index is 12.5. The van der Waals surface area contributed by atoms with Crippen LogP contribution in [-0.4, -0.2) is 34.0 Å². The Hall–Kier alpha value is -2.86. The van der Waals surface area contributed by atoms with Crippen molar-refractivity contribution in [3.05, 3.63) is 69.8 Å². The maximum absolute atomic E-state index is 12.5. The summed E-state index contributed by atoms with van der Waals surface area (Å²) in [5.74, 6) is 1.67. The van der Waals surface area contributed by atoms with Gasteiger partial charge in [-0.2, -0.15) is 0 Å². The Kier molecular flexibility index (Phi) is 4.72. The van der Waals surface area contributed by atoms with Crippen molar-refractivity contribution in [3.63, 3.8) is 0 Å². The van der Waals surface area contributed by atoms with E-state index in [1.807, 2.05) is 25.1 Å². The number of likely N-dealkylation sites (tertiary alicyclic amines) is 1. The second-order valence-electron chi connectivity index (χ2n) is 7.86. The zero-order valence-corrected chi connectivity index (χ0v) is 16.6. The van der Waals surface area contributed by atoms with E-state index in [1.54, 1.807) is 16.7 Å². The highest BCUT2D eigenvalue weighted by molar-refractivity contribution is 5.47. The molecule has 2 aromatic heterocycles. The average molecular weight is 391 g/mol. The van der Waals surface area contributed by atoms with Crippen LogP contribution in [-0.2, 0) is 6.54 Å². The lowest BCUT2D eigenvalue weighted by Gasteiger charge is -2.25. The first kappa shape index (κ1) is 18.2. The smallest absolute Gasteiger partial charge is 0.258 e. The van der Waals surface area contributed by atoms with E-state index in [9.17, 15) is 4.79 Å². The highest BCUT2D eigenvalue weighted by atomic mass is 16.5. The third-order valence-corrected chi connectivity index (χ3v) is 5.82. The van der Waals surface area contributed by atoms with Gasteiger partial charge in [-0.25, -0.2) is 4.98 Å². The van der Waals surface area contributed by atoms with Gasteiger partial charge in [0.2, 0.25) is 0 Å². The molecule has 0 radical (unpaired) electrons. The molecule has 0 N–H and O–H groups in total. The Balaban J connectivity index is 1.43. The van der Waals surface area contributed by atoms with Crippen molar-refractivity contribution in [1.82, 2.24) is 14.3 Å². The number of benzene rings is 1. The Bertz CT molecular complexity index is 1110. The van der Waals surface area contributed by atoms with Crippen molar-refractivity contribution in [2.45, 2.75) is 38.8 Å². The first-order valence-electron chi connectivity index (χ1n) is 10.3. The molecule has 2 aliphatic rings. The summed E-state index contributed by atoms with van der Waals surface area (Å²) in [6, 6.07) is 12.1. The molecule has 0 saturated carbocycles. The number of ether oxygens (including phenoxy) is 2. The lowest BCUT2D eigenvalue weighted by atomic mass is 10.0. The molecule has 0 bridgehead atoms. The van der Waals surface area contributed by atoms with E-state index in [-0.39, 0.29) is 5.56 Å². The van der Waals surface area contributed by atoms with E-state index in [2.05, 4.69) is 17.0 Å². The highest BCUT2D eigenvalue weighted by Crippen LogP contribution is 2.38. The molecular formula is C23H25N3O3. The first-order chi connectivity index (χ1) is 14.2. The molecule has 150 valence electrons. The van der Waals surface area contributed by atoms with Gasteiger partial charge in [0.1, 0.15) is 5.65 Å². The van der Waals surface area contributed by atoms with Crippen LogP contribution >= 0.6 is 0 Å². The topological polar surface area (TPSA) is 56.1 Å². The predicted molar refractivity (Wildman–Crippen MR) is 111 cm³/mol. The van der Waals surface area contributed by atoms with Crippen LogP contribution in [0.25, 0.3) is 5.65 Å². The molecule has 1 aromatic carbocycles. The van der Waals surface area contributed by atoms with Crippen molar-refractivity contribution < 1.29 is 9.47 Å². The zero-order chi connectivity index (χ0) is 19.8. The van der Waals surface area contributed by atoms with E-state index >= 15 is 0 Å². The van der Waals surface area contributed by atoms with Gasteiger partial charge >= 0.3 is 0 Å². The minimum Gasteiger partial charge on any atom is -0.490 e. The van der Waals surface area contributed by atoms with Gasteiger partial charge < -0.3 is 9.47 Å². The lowest BCUT2D eigenvalue weighted by Crippen LogP contribution is -2.25. The monoisotopic (exact) mass is 391 g/mol. The van der Waals surface area contributed by atoms with Gasteiger partial charge in [0.15, 0.2) is 11.5 Å². The van der Waals surface area contributed by atoms with Crippen LogP contribution in [0.1, 0.15) is 42.1 Å². The molecule has 6 heteroatoms. The van der Waals surface area contributed by atoms with Gasteiger partial charge in [-0.15, -0.1) is 0 Å². The summed E-state index contributed by atoms with van der Waals surface area (Å²) >= 11 is 0. The summed E-state index contributed by atoms with van der Waals surface area (Å²) in [6.45, 7) is 5.04. The minimum atomic E-state index is -0.0278. The Morgan fingerprint density at radius 3 is 2.86 bits per heavy atom. The molecule has 1 saturated heterocycles. The van der Waals surface area contributed by atoms with E-state index < -0.39 is 0 Å². The molecule has 0 amide bonds. The van der Waals surface area contributed by atoms with Crippen LogP contribution < -0.4 is 15.0 Å². The van der Waals surface area contributed by atoms with Gasteiger partial charge in [-0.3, -0.25) is 14.1 Å². The summed E-state index contributed by atoms with van der Waals surface area (Å²) in [5.41, 5.74) is 3.78. The summed E-state index contributed by atoms with van der Waals surface area (Å²) in [7, 11) is 0. The normalized spacial score (nSPS) is 19.4. The fourth-order valence-electron chi connectivity index (χ4n) is 4.38. The number of hydrogen-bond acceptors (Lipinski definition) is 5. The van der Waals surface area contributed by atoms with Crippen molar-refractivity contribution in [2.75, 3.05) is 19.8 Å². The van der Waals surface area contributed by atoms with E-state index in [0.29, 0.717) is 25.8 Å². The van der Waals surface area contributed by atoms with Gasteiger partial charge in [0, 0.05) is 31.3 Å². The molecule has 6 nitrogen and oxygen atoms in total. The molecule has 1 atom stereocenters. The van der Waals surface area contributed by atoms with Crippen LogP contribution in [0.5, 0.6) is 11.5 Å². The summed E-state index contributed by atoms with van der Waals surface area (Å²) < 4.78 is 13.3. The molecule has 4 heterocycles. The number of aryl methyl sites for hydroxylation is 1. The third-order valence-electron chi connectivity index (χ3n) is 5.82. The average Bonchev–Trinajstić information content (AvgIpc) is 3.04. The molecular weight excluding hydrogens is 366 g/mol.